The molecule has 1 unspecified atom stereocenters. The van der Waals surface area contributed by atoms with Crippen molar-refractivity contribution in [3.8, 4) is 0 Å². The van der Waals surface area contributed by atoms with Crippen LogP contribution in [-0.2, 0) is 5.75 Å². The van der Waals surface area contributed by atoms with Crippen molar-refractivity contribution in [2.24, 2.45) is 0 Å². The molecule has 0 radical (unpaired) electrons. The van der Waals surface area contributed by atoms with E-state index in [1.807, 2.05) is 31.2 Å². The number of fused-ring (bicyclic) bond motifs is 2. The molecule has 1 aliphatic heterocycles. The van der Waals surface area contributed by atoms with Gasteiger partial charge in [0.15, 0.2) is 9.77 Å². The molecule has 0 spiro atoms. The maximum atomic E-state index is 13.7. The van der Waals surface area contributed by atoms with E-state index in [1.54, 1.807) is 30.0 Å². The smallest absolute Gasteiger partial charge is 0.297 e. The Hall–Kier alpha value is -3.46. The van der Waals surface area contributed by atoms with Gasteiger partial charge in [0.2, 0.25) is 10.9 Å². The maximum Gasteiger partial charge on any atom is 0.297 e. The van der Waals surface area contributed by atoms with Crippen LogP contribution in [0.5, 0.6) is 0 Å². The maximum absolute atomic E-state index is 13.7. The zero-order chi connectivity index (χ0) is 25.7. The fraction of sp³-hybridized carbons (Fsp3) is 0.143. The number of aromatic nitrogens is 2. The molecule has 6 nitrogen and oxygen atoms in total. The molecule has 0 N–H and O–H groups in total. The largest absolute Gasteiger partial charge is 0.450 e. The molecule has 0 bridgehead atoms. The van der Waals surface area contributed by atoms with Gasteiger partial charge in [-0.15, -0.1) is 10.2 Å². The number of hydrogen-bond acceptors (Lipinski definition) is 7. The van der Waals surface area contributed by atoms with E-state index in [2.05, 4.69) is 41.4 Å². The van der Waals surface area contributed by atoms with E-state index in [0.717, 1.165) is 21.2 Å². The van der Waals surface area contributed by atoms with Crippen LogP contribution in [0.3, 0.4) is 0 Å². The minimum Gasteiger partial charge on any atom is -0.450 e. The number of carbonyl (C=O) groups is 1. The minimum atomic E-state index is -0.689. The predicted octanol–water partition coefficient (Wildman–Crippen LogP) is 6.96. The molecule has 6 rings (SSSR count). The highest BCUT2D eigenvalue weighted by atomic mass is 35.5. The van der Waals surface area contributed by atoms with E-state index < -0.39 is 11.9 Å². The van der Waals surface area contributed by atoms with Crippen molar-refractivity contribution >= 4 is 56.7 Å². The zero-order valence-electron chi connectivity index (χ0n) is 19.9. The van der Waals surface area contributed by atoms with E-state index in [1.165, 1.54) is 27.4 Å². The molecule has 9 heteroatoms. The third-order valence-corrected chi connectivity index (χ3v) is 8.67. The Morgan fingerprint density at radius 3 is 2.41 bits per heavy atom. The van der Waals surface area contributed by atoms with E-state index in [4.69, 9.17) is 16.0 Å². The third-order valence-electron chi connectivity index (χ3n) is 6.31. The number of halogens is 1. The van der Waals surface area contributed by atoms with Crippen LogP contribution in [0.1, 0.15) is 44.4 Å². The standard InChI is InChI=1S/C28H20ClN3O3S2/c1-15-3-7-17(8-4-15)14-36-28-31-30-27(37-28)32-23(18-9-5-16(2)6-10-18)22-24(33)20-13-19(29)11-12-21(20)35-25(22)26(32)34/h3-13,23H,14H2,1-2H3. The first-order chi connectivity index (χ1) is 17.9. The average Bonchev–Trinajstić information content (AvgIpc) is 3.47. The lowest BCUT2D eigenvalue weighted by atomic mass is 9.98. The van der Waals surface area contributed by atoms with Crippen molar-refractivity contribution in [1.82, 2.24) is 10.2 Å². The van der Waals surface area contributed by atoms with Crippen molar-refractivity contribution < 1.29 is 9.21 Å². The number of hydrogen-bond donors (Lipinski definition) is 0. The van der Waals surface area contributed by atoms with Crippen molar-refractivity contribution in [3.05, 3.63) is 116 Å². The summed E-state index contributed by atoms with van der Waals surface area (Å²) in [7, 11) is 0. The van der Waals surface area contributed by atoms with Gasteiger partial charge in [-0.05, 0) is 43.2 Å². The number of benzene rings is 3. The molecule has 184 valence electrons. The van der Waals surface area contributed by atoms with Gasteiger partial charge in [0.05, 0.1) is 17.0 Å². The van der Waals surface area contributed by atoms with Gasteiger partial charge in [-0.1, -0.05) is 94.4 Å². The number of carbonyl (C=O) groups excluding carboxylic acids is 1. The number of nitrogens with zero attached hydrogens (tertiary/aromatic N) is 3. The Morgan fingerprint density at radius 1 is 0.973 bits per heavy atom. The van der Waals surface area contributed by atoms with Gasteiger partial charge >= 0.3 is 0 Å². The lowest BCUT2D eigenvalue weighted by Crippen LogP contribution is -2.29. The third kappa shape index (κ3) is 4.35. The van der Waals surface area contributed by atoms with Gasteiger partial charge in [0.1, 0.15) is 5.58 Å². The summed E-state index contributed by atoms with van der Waals surface area (Å²) in [6, 6.07) is 20.2. The highest BCUT2D eigenvalue weighted by Crippen LogP contribution is 2.43. The number of amides is 1. The van der Waals surface area contributed by atoms with E-state index >= 15 is 0 Å². The van der Waals surface area contributed by atoms with Crippen molar-refractivity contribution in [2.45, 2.75) is 30.0 Å². The SMILES string of the molecule is Cc1ccc(CSc2nnc(N3C(=O)c4oc5ccc(Cl)cc5c(=O)c4C3c3ccc(C)cc3)s2)cc1. The topological polar surface area (TPSA) is 76.3 Å². The first-order valence-corrected chi connectivity index (χ1v) is 13.8. The second kappa shape index (κ2) is 9.45. The fourth-order valence-corrected chi connectivity index (χ4v) is 6.39. The lowest BCUT2D eigenvalue weighted by Gasteiger charge is -2.22. The van der Waals surface area contributed by atoms with Crippen LogP contribution in [0.4, 0.5) is 5.13 Å². The number of anilines is 1. The summed E-state index contributed by atoms with van der Waals surface area (Å²) in [5.74, 6) is 0.339. The summed E-state index contributed by atoms with van der Waals surface area (Å²) in [5, 5.41) is 9.86. The molecule has 1 amide bonds. The van der Waals surface area contributed by atoms with Crippen LogP contribution in [0.25, 0.3) is 11.0 Å². The second-order valence-corrected chi connectivity index (χ2v) is 11.5. The van der Waals surface area contributed by atoms with E-state index in [9.17, 15) is 9.59 Å². The molecule has 0 aliphatic carbocycles. The summed E-state index contributed by atoms with van der Waals surface area (Å²) >= 11 is 9.05. The van der Waals surface area contributed by atoms with Crippen LogP contribution >= 0.6 is 34.7 Å². The molecule has 3 aromatic carbocycles. The number of aryl methyl sites for hydroxylation is 2. The first kappa shape index (κ1) is 23.9. The Bertz CT molecular complexity index is 1710. The molecule has 2 aromatic heterocycles. The molecule has 0 saturated carbocycles. The highest BCUT2D eigenvalue weighted by molar-refractivity contribution is 8.00. The Morgan fingerprint density at radius 2 is 1.68 bits per heavy atom. The Kier molecular flexibility index (Phi) is 6.10. The fourth-order valence-electron chi connectivity index (χ4n) is 4.39. The van der Waals surface area contributed by atoms with Crippen LogP contribution < -0.4 is 10.3 Å². The Labute approximate surface area is 225 Å². The van der Waals surface area contributed by atoms with Crippen LogP contribution in [-0.4, -0.2) is 16.1 Å². The quantitative estimate of drug-likeness (QED) is 0.175. The van der Waals surface area contributed by atoms with Crippen molar-refractivity contribution in [2.75, 3.05) is 4.90 Å². The van der Waals surface area contributed by atoms with Crippen LogP contribution in [0, 0.1) is 13.8 Å². The van der Waals surface area contributed by atoms with Gasteiger partial charge in [-0.3, -0.25) is 14.5 Å². The minimum absolute atomic E-state index is 0.0226. The van der Waals surface area contributed by atoms with Gasteiger partial charge in [0.25, 0.3) is 5.91 Å². The molecule has 5 aromatic rings. The molecular weight excluding hydrogens is 526 g/mol. The summed E-state index contributed by atoms with van der Waals surface area (Å²) in [4.78, 5) is 29.0. The van der Waals surface area contributed by atoms with Crippen LogP contribution in [0.15, 0.2) is 80.3 Å². The van der Waals surface area contributed by atoms with E-state index in [-0.39, 0.29) is 16.8 Å². The van der Waals surface area contributed by atoms with Crippen molar-refractivity contribution in [3.63, 3.8) is 0 Å². The van der Waals surface area contributed by atoms with Crippen molar-refractivity contribution in [1.29, 1.82) is 0 Å². The first-order valence-electron chi connectivity index (χ1n) is 11.6. The average molecular weight is 546 g/mol. The molecule has 3 heterocycles. The zero-order valence-corrected chi connectivity index (χ0v) is 22.3. The molecular formula is C28H20ClN3O3S2. The molecule has 1 atom stereocenters. The van der Waals surface area contributed by atoms with Gasteiger partial charge in [-0.25, -0.2) is 0 Å². The summed E-state index contributed by atoms with van der Waals surface area (Å²) in [5.41, 5.74) is 4.57. The van der Waals surface area contributed by atoms with Gasteiger partial charge in [0, 0.05) is 10.8 Å². The summed E-state index contributed by atoms with van der Waals surface area (Å²) in [6.45, 7) is 4.04. The van der Waals surface area contributed by atoms with Gasteiger partial charge < -0.3 is 4.42 Å². The summed E-state index contributed by atoms with van der Waals surface area (Å²) < 4.78 is 6.74. The molecule has 0 saturated heterocycles. The monoisotopic (exact) mass is 545 g/mol. The second-order valence-electron chi connectivity index (χ2n) is 8.93. The molecule has 37 heavy (non-hydrogen) atoms. The lowest BCUT2D eigenvalue weighted by molar-refractivity contribution is 0.0970. The molecule has 1 aliphatic rings. The highest BCUT2D eigenvalue weighted by Gasteiger charge is 2.45. The van der Waals surface area contributed by atoms with Gasteiger partial charge in [-0.2, -0.15) is 0 Å². The number of thioether (sulfide) groups is 1. The summed E-state index contributed by atoms with van der Waals surface area (Å²) in [6.07, 6.45) is 0. The Balaban J connectivity index is 1.42. The van der Waals surface area contributed by atoms with E-state index in [0.29, 0.717) is 21.1 Å². The molecule has 0 fully saturated rings. The normalized spacial score (nSPS) is 14.9. The van der Waals surface area contributed by atoms with Crippen LogP contribution in [0.2, 0.25) is 5.02 Å². The number of rotatable bonds is 5. The predicted molar refractivity (Wildman–Crippen MR) is 148 cm³/mol.